The molecular weight excluding hydrogens is 903 g/mol. The Kier molecular flexibility index (Phi) is 14.9. The van der Waals surface area contributed by atoms with Crippen molar-refractivity contribution in [1.82, 2.24) is 15.1 Å². The molecule has 2 saturated heterocycles. The smallest absolute Gasteiger partial charge is 0.411 e. The van der Waals surface area contributed by atoms with Crippen molar-refractivity contribution in [2.75, 3.05) is 53.0 Å². The lowest BCUT2D eigenvalue weighted by Gasteiger charge is -2.62. The van der Waals surface area contributed by atoms with E-state index >= 15 is 0 Å². The van der Waals surface area contributed by atoms with Crippen LogP contribution in [0.4, 0.5) is 9.59 Å². The number of nitrogens with one attached hydrogen (secondary N) is 1. The molecule has 2 fully saturated rings. The van der Waals surface area contributed by atoms with E-state index in [1.165, 1.54) is 39.0 Å². The number of amides is 2. The molecule has 0 aliphatic carbocycles. The highest BCUT2D eigenvalue weighted by molar-refractivity contribution is 7.99. The van der Waals surface area contributed by atoms with Gasteiger partial charge in [-0.1, -0.05) is 78.8 Å². The summed E-state index contributed by atoms with van der Waals surface area (Å²) in [7, 11) is 2.95. The molecule has 2 aromatic carbocycles. The third kappa shape index (κ3) is 9.19. The standard InChI is InChI=1S/C43H47Cl3N4O12S/c1-9-12-57-37-29-24(15-21(4)34(37)55-7)16-26-27(17-47)49-28-18-60-40(52)25(48-41(53)61-20-43(44,45)46)19-63-39(33(49)32(29)50(26)42(54)59-14-11-3)31-30(28)38(58-13-10-2)36(56-8)22(5)35(31)62-23(6)51/h9-11,15,25-28,32-33,39H,1-3,12-14,16,18-20H2,4-8H3,(H,48,53)/t25-,26-,27-,28-,32+,33+,39+/m0/s1. The zero-order valence-electron chi connectivity index (χ0n) is 35.2. The molecule has 4 heterocycles. The van der Waals surface area contributed by atoms with Crippen LogP contribution in [-0.4, -0.2) is 115 Å². The highest BCUT2D eigenvalue weighted by Crippen LogP contribution is 2.64. The number of alkyl halides is 3. The number of hydrogen-bond donors (Lipinski definition) is 1. The normalized spacial score (nSPS) is 23.5. The van der Waals surface area contributed by atoms with Crippen molar-refractivity contribution < 1.29 is 57.1 Å². The summed E-state index contributed by atoms with van der Waals surface area (Å²) in [5, 5.41) is 13.0. The molecule has 4 bridgehead atoms. The topological polar surface area (TPSA) is 184 Å². The van der Waals surface area contributed by atoms with Crippen molar-refractivity contribution in [2.45, 2.75) is 72.5 Å². The lowest BCUT2D eigenvalue weighted by molar-refractivity contribution is -0.151. The Balaban J connectivity index is 1.72. The van der Waals surface area contributed by atoms with Crippen LogP contribution in [0.5, 0.6) is 28.7 Å². The molecule has 2 aromatic rings. The highest BCUT2D eigenvalue weighted by Gasteiger charge is 2.63. The maximum Gasteiger partial charge on any atom is 0.411 e. The fourth-order valence-electron chi connectivity index (χ4n) is 8.92. The third-order valence-electron chi connectivity index (χ3n) is 11.0. The quantitative estimate of drug-likeness (QED) is 0.0705. The number of ether oxygens (including phenoxy) is 8. The number of nitrogens with zero attached hydrogens (tertiary/aromatic N) is 3. The number of cyclic esters (lactones) is 1. The predicted octanol–water partition coefficient (Wildman–Crippen LogP) is 7.09. The van der Waals surface area contributed by atoms with Gasteiger partial charge in [-0.2, -0.15) is 5.26 Å². The highest BCUT2D eigenvalue weighted by atomic mass is 35.6. The summed E-state index contributed by atoms with van der Waals surface area (Å²) in [6, 6.07) is -1.77. The molecule has 4 aliphatic heterocycles. The number of fused-ring (bicyclic) bond motifs is 7. The first-order valence-corrected chi connectivity index (χ1v) is 21.9. The lowest BCUT2D eigenvalue weighted by atomic mass is 9.71. The molecule has 338 valence electrons. The van der Waals surface area contributed by atoms with Gasteiger partial charge in [0, 0.05) is 34.9 Å². The Hall–Kier alpha value is -4.99. The first-order valence-electron chi connectivity index (χ1n) is 19.7. The number of thioether (sulfide) groups is 1. The summed E-state index contributed by atoms with van der Waals surface area (Å²) in [5.74, 6) is -0.342. The summed E-state index contributed by atoms with van der Waals surface area (Å²) in [6.07, 6.45) is 2.95. The molecule has 16 nitrogen and oxygen atoms in total. The number of carbonyl (C=O) groups excluding carboxylic acids is 4. The minimum Gasteiger partial charge on any atom is -0.493 e. The molecule has 0 aromatic heterocycles. The second kappa shape index (κ2) is 19.8. The summed E-state index contributed by atoms with van der Waals surface area (Å²) >= 11 is 18.7. The predicted molar refractivity (Wildman–Crippen MR) is 234 cm³/mol. The fraction of sp³-hybridized carbons (Fsp3) is 0.465. The van der Waals surface area contributed by atoms with E-state index < -0.39 is 82.6 Å². The molecule has 0 saturated carbocycles. The summed E-state index contributed by atoms with van der Waals surface area (Å²) in [5.41, 5.74) is 3.36. The lowest BCUT2D eigenvalue weighted by Crippen LogP contribution is -2.71. The van der Waals surface area contributed by atoms with Crippen LogP contribution >= 0.6 is 46.6 Å². The zero-order chi connectivity index (χ0) is 45.9. The third-order valence-corrected chi connectivity index (χ3v) is 12.7. The maximum atomic E-state index is 14.6. The molecule has 6 rings (SSSR count). The average Bonchev–Trinajstić information content (AvgIpc) is 3.23. The minimum absolute atomic E-state index is 0.0115. The number of methoxy groups -OCH3 is 2. The number of aryl methyl sites for hydroxylation is 1. The monoisotopic (exact) mass is 948 g/mol. The van der Waals surface area contributed by atoms with Gasteiger partial charge in [0.15, 0.2) is 23.0 Å². The largest absolute Gasteiger partial charge is 0.493 e. The van der Waals surface area contributed by atoms with Crippen molar-refractivity contribution in [3.8, 4) is 34.8 Å². The van der Waals surface area contributed by atoms with Crippen LogP contribution < -0.4 is 29.0 Å². The van der Waals surface area contributed by atoms with Gasteiger partial charge in [0.25, 0.3) is 0 Å². The van der Waals surface area contributed by atoms with E-state index in [-0.39, 0.29) is 49.2 Å². The van der Waals surface area contributed by atoms with Gasteiger partial charge in [0.05, 0.1) is 49.7 Å². The molecular formula is C43H47Cl3N4O12S. The molecule has 1 N–H and O–H groups in total. The Bertz CT molecular complexity index is 2230. The van der Waals surface area contributed by atoms with E-state index in [2.05, 4.69) is 31.1 Å². The molecule has 0 radical (unpaired) electrons. The van der Waals surface area contributed by atoms with E-state index in [0.29, 0.717) is 33.8 Å². The fourth-order valence-corrected chi connectivity index (χ4v) is 10.6. The van der Waals surface area contributed by atoms with Crippen molar-refractivity contribution >= 4 is 70.7 Å². The van der Waals surface area contributed by atoms with E-state index in [0.717, 1.165) is 11.1 Å². The number of rotatable bonds is 13. The molecule has 7 atom stereocenters. The van der Waals surface area contributed by atoms with Crippen LogP contribution in [0, 0.1) is 25.2 Å². The van der Waals surface area contributed by atoms with Gasteiger partial charge < -0.3 is 43.2 Å². The first-order chi connectivity index (χ1) is 30.1. The van der Waals surface area contributed by atoms with Crippen LogP contribution in [0.2, 0.25) is 0 Å². The average molecular weight is 950 g/mol. The second-order valence-electron chi connectivity index (χ2n) is 14.9. The van der Waals surface area contributed by atoms with Crippen LogP contribution in [0.15, 0.2) is 44.0 Å². The van der Waals surface area contributed by atoms with Gasteiger partial charge in [0.1, 0.15) is 50.9 Å². The summed E-state index contributed by atoms with van der Waals surface area (Å²) in [4.78, 5) is 58.3. The van der Waals surface area contributed by atoms with Crippen molar-refractivity contribution in [3.63, 3.8) is 0 Å². The number of benzene rings is 2. The van der Waals surface area contributed by atoms with E-state index in [9.17, 15) is 24.4 Å². The van der Waals surface area contributed by atoms with Crippen molar-refractivity contribution in [2.24, 2.45) is 0 Å². The zero-order valence-corrected chi connectivity index (χ0v) is 38.3. The molecule has 0 unspecified atom stereocenters. The molecule has 2 amide bonds. The summed E-state index contributed by atoms with van der Waals surface area (Å²) in [6.45, 7) is 15.1. The first kappa shape index (κ1) is 47.5. The minimum atomic E-state index is -1.94. The Morgan fingerprint density at radius 3 is 2.21 bits per heavy atom. The number of esters is 2. The Morgan fingerprint density at radius 2 is 1.62 bits per heavy atom. The molecule has 4 aliphatic rings. The van der Waals surface area contributed by atoms with Gasteiger partial charge in [0.2, 0.25) is 3.79 Å². The van der Waals surface area contributed by atoms with E-state index in [1.54, 1.807) is 24.0 Å². The maximum absolute atomic E-state index is 14.6. The second-order valence-corrected chi connectivity index (χ2v) is 18.5. The van der Waals surface area contributed by atoms with Crippen molar-refractivity contribution in [1.29, 1.82) is 5.26 Å². The SMILES string of the molecule is C=CCOC(=O)N1[C@@H]2c3c(cc(C)c(OC)c3OCC=C)C[C@H]1[C@H](C#N)N1[C@H]2[C@@H]2SC[C@H](NC(=O)OCC(Cl)(Cl)Cl)C(=O)OC[C@H]1c1c(OCC=C)c(OC)c(C)c(OC(C)=O)c12. The molecule has 63 heavy (non-hydrogen) atoms. The van der Waals surface area contributed by atoms with Gasteiger partial charge in [-0.05, 0) is 31.4 Å². The van der Waals surface area contributed by atoms with Crippen LogP contribution in [0.1, 0.15) is 57.6 Å². The van der Waals surface area contributed by atoms with Crippen LogP contribution in [-0.2, 0) is 30.2 Å². The molecule has 20 heteroatoms. The van der Waals surface area contributed by atoms with Gasteiger partial charge >= 0.3 is 24.1 Å². The number of piperazine rings is 1. The van der Waals surface area contributed by atoms with Crippen molar-refractivity contribution in [3.05, 3.63) is 77.4 Å². The number of alkyl carbamates (subject to hydrolysis) is 1. The Labute approximate surface area is 384 Å². The number of carbonyl (C=O) groups is 4. The van der Waals surface area contributed by atoms with Gasteiger partial charge in [-0.3, -0.25) is 14.6 Å². The van der Waals surface area contributed by atoms with E-state index in [1.807, 2.05) is 17.9 Å². The Morgan fingerprint density at radius 1 is 0.968 bits per heavy atom. The van der Waals surface area contributed by atoms with Crippen LogP contribution in [0.3, 0.4) is 0 Å². The number of nitriles is 1. The van der Waals surface area contributed by atoms with Gasteiger partial charge in [-0.15, -0.1) is 11.8 Å². The molecule has 0 spiro atoms. The number of halogens is 3. The van der Waals surface area contributed by atoms with E-state index in [4.69, 9.17) is 72.7 Å². The van der Waals surface area contributed by atoms with Crippen LogP contribution in [0.25, 0.3) is 0 Å². The van der Waals surface area contributed by atoms with Gasteiger partial charge in [-0.25, -0.2) is 14.4 Å². The number of hydrogen-bond acceptors (Lipinski definition) is 15. The summed E-state index contributed by atoms with van der Waals surface area (Å²) < 4.78 is 46.0.